The van der Waals surface area contributed by atoms with E-state index in [0.717, 1.165) is 16.0 Å². The van der Waals surface area contributed by atoms with E-state index in [9.17, 15) is 14.4 Å². The average molecular weight is 351 g/mol. The van der Waals surface area contributed by atoms with Crippen LogP contribution in [0.3, 0.4) is 0 Å². The van der Waals surface area contributed by atoms with Crippen LogP contribution < -0.4 is 0 Å². The molecule has 0 bridgehead atoms. The highest BCUT2D eigenvalue weighted by molar-refractivity contribution is 6.06. The number of cyclic esters (lactones) is 1. The van der Waals surface area contributed by atoms with Crippen molar-refractivity contribution in [2.75, 3.05) is 6.61 Å². The standard InChI is InChI=1S/C21H21NO4/c1-15(23)19(13-17-10-6-3-7-11-17)20(24)22-18(14-26-21(22)25)12-16-8-4-2-5-9-16/h2-11,18-19H,12-14H2,1H3/t18-,19-/m0/s1. The summed E-state index contributed by atoms with van der Waals surface area (Å²) in [6.07, 6.45) is 0.112. The van der Waals surface area contributed by atoms with Crippen LogP contribution in [0.2, 0.25) is 0 Å². The van der Waals surface area contributed by atoms with Crippen LogP contribution in [0.5, 0.6) is 0 Å². The number of Topliss-reactive ketones (excluding diaryl/α,β-unsaturated/α-hetero) is 1. The first-order valence-electron chi connectivity index (χ1n) is 8.64. The summed E-state index contributed by atoms with van der Waals surface area (Å²) in [5.41, 5.74) is 1.89. The van der Waals surface area contributed by atoms with Gasteiger partial charge in [0, 0.05) is 0 Å². The first kappa shape index (κ1) is 17.9. The fraction of sp³-hybridized carbons (Fsp3) is 0.286. The summed E-state index contributed by atoms with van der Waals surface area (Å²) >= 11 is 0. The second-order valence-corrected chi connectivity index (χ2v) is 6.48. The molecule has 1 aliphatic rings. The largest absolute Gasteiger partial charge is 0.447 e. The highest BCUT2D eigenvalue weighted by Crippen LogP contribution is 2.22. The molecule has 0 spiro atoms. The zero-order valence-electron chi connectivity index (χ0n) is 14.6. The number of hydrogen-bond donors (Lipinski definition) is 0. The van der Waals surface area contributed by atoms with Gasteiger partial charge in [-0.2, -0.15) is 0 Å². The van der Waals surface area contributed by atoms with Crippen molar-refractivity contribution < 1.29 is 19.1 Å². The van der Waals surface area contributed by atoms with E-state index in [0.29, 0.717) is 6.42 Å². The Labute approximate surface area is 152 Å². The van der Waals surface area contributed by atoms with Crippen LogP contribution in [0.15, 0.2) is 60.7 Å². The van der Waals surface area contributed by atoms with Crippen molar-refractivity contribution in [3.63, 3.8) is 0 Å². The molecule has 2 atom stereocenters. The maximum Gasteiger partial charge on any atom is 0.417 e. The Balaban J connectivity index is 1.79. The predicted molar refractivity (Wildman–Crippen MR) is 96.4 cm³/mol. The average Bonchev–Trinajstić information content (AvgIpc) is 3.01. The van der Waals surface area contributed by atoms with Gasteiger partial charge in [-0.1, -0.05) is 60.7 Å². The lowest BCUT2D eigenvalue weighted by atomic mass is 9.93. The summed E-state index contributed by atoms with van der Waals surface area (Å²) in [7, 11) is 0. The number of imide groups is 1. The van der Waals surface area contributed by atoms with Gasteiger partial charge in [0.2, 0.25) is 5.91 Å². The first-order valence-corrected chi connectivity index (χ1v) is 8.64. The molecule has 0 radical (unpaired) electrons. The quantitative estimate of drug-likeness (QED) is 0.751. The van der Waals surface area contributed by atoms with Crippen LogP contribution in [0, 0.1) is 5.92 Å². The molecule has 5 heteroatoms. The van der Waals surface area contributed by atoms with Gasteiger partial charge in [-0.15, -0.1) is 0 Å². The Morgan fingerprint density at radius 1 is 1.04 bits per heavy atom. The van der Waals surface area contributed by atoms with Crippen LogP contribution in [-0.2, 0) is 27.2 Å². The fourth-order valence-electron chi connectivity index (χ4n) is 3.19. The summed E-state index contributed by atoms with van der Waals surface area (Å²) in [6.45, 7) is 1.54. The smallest absolute Gasteiger partial charge is 0.417 e. The Hall–Kier alpha value is -2.95. The number of amides is 2. The zero-order valence-corrected chi connectivity index (χ0v) is 14.6. The molecular weight excluding hydrogens is 330 g/mol. The predicted octanol–water partition coefficient (Wildman–Crippen LogP) is 3.02. The highest BCUT2D eigenvalue weighted by Gasteiger charge is 2.42. The molecule has 2 aromatic carbocycles. The molecule has 1 aliphatic heterocycles. The maximum atomic E-state index is 13.0. The van der Waals surface area contributed by atoms with Gasteiger partial charge in [0.1, 0.15) is 18.3 Å². The van der Waals surface area contributed by atoms with Crippen molar-refractivity contribution in [2.24, 2.45) is 5.92 Å². The van der Waals surface area contributed by atoms with E-state index in [1.165, 1.54) is 6.92 Å². The summed E-state index contributed by atoms with van der Waals surface area (Å²) in [4.78, 5) is 38.4. The van der Waals surface area contributed by atoms with E-state index in [-0.39, 0.29) is 18.8 Å². The van der Waals surface area contributed by atoms with Crippen molar-refractivity contribution >= 4 is 17.8 Å². The number of rotatable bonds is 6. The van der Waals surface area contributed by atoms with E-state index >= 15 is 0 Å². The molecule has 5 nitrogen and oxygen atoms in total. The SMILES string of the molecule is CC(=O)[C@H](Cc1ccccc1)C(=O)N1C(=O)OC[C@@H]1Cc1ccccc1. The number of hydrogen-bond acceptors (Lipinski definition) is 4. The summed E-state index contributed by atoms with van der Waals surface area (Å²) in [5, 5.41) is 0. The molecule has 2 amide bonds. The van der Waals surface area contributed by atoms with E-state index in [1.54, 1.807) is 0 Å². The van der Waals surface area contributed by atoms with Gasteiger partial charge in [-0.25, -0.2) is 9.69 Å². The van der Waals surface area contributed by atoms with Gasteiger partial charge in [0.25, 0.3) is 0 Å². The Morgan fingerprint density at radius 2 is 1.62 bits per heavy atom. The first-order chi connectivity index (χ1) is 12.6. The summed E-state index contributed by atoms with van der Waals surface area (Å²) in [5.74, 6) is -1.62. The van der Waals surface area contributed by atoms with Crippen LogP contribution in [0.4, 0.5) is 4.79 Å². The van der Waals surface area contributed by atoms with Crippen LogP contribution in [0.1, 0.15) is 18.1 Å². The second-order valence-electron chi connectivity index (χ2n) is 6.48. The third-order valence-corrected chi connectivity index (χ3v) is 4.58. The lowest BCUT2D eigenvalue weighted by molar-refractivity contribution is -0.138. The van der Waals surface area contributed by atoms with Crippen molar-refractivity contribution in [1.29, 1.82) is 0 Å². The van der Waals surface area contributed by atoms with Gasteiger partial charge in [-0.3, -0.25) is 9.59 Å². The van der Waals surface area contributed by atoms with Crippen LogP contribution >= 0.6 is 0 Å². The maximum absolute atomic E-state index is 13.0. The number of carbonyl (C=O) groups is 3. The second kappa shape index (κ2) is 7.95. The van der Waals surface area contributed by atoms with Crippen molar-refractivity contribution in [3.05, 3.63) is 71.8 Å². The van der Waals surface area contributed by atoms with E-state index < -0.39 is 24.0 Å². The highest BCUT2D eigenvalue weighted by atomic mass is 16.6. The molecule has 1 heterocycles. The van der Waals surface area contributed by atoms with Gasteiger partial charge >= 0.3 is 6.09 Å². The minimum absolute atomic E-state index is 0.148. The number of nitrogens with zero attached hydrogens (tertiary/aromatic N) is 1. The normalized spacial score (nSPS) is 17.7. The molecule has 134 valence electrons. The molecule has 0 aromatic heterocycles. The molecule has 0 aliphatic carbocycles. The third-order valence-electron chi connectivity index (χ3n) is 4.58. The third kappa shape index (κ3) is 3.99. The minimum Gasteiger partial charge on any atom is -0.447 e. The van der Waals surface area contributed by atoms with Crippen molar-refractivity contribution in [2.45, 2.75) is 25.8 Å². The van der Waals surface area contributed by atoms with E-state index in [1.807, 2.05) is 60.7 Å². The van der Waals surface area contributed by atoms with Crippen molar-refractivity contribution in [1.82, 2.24) is 4.90 Å². The van der Waals surface area contributed by atoms with Crippen LogP contribution in [-0.4, -0.2) is 35.3 Å². The lowest BCUT2D eigenvalue weighted by Gasteiger charge is -2.24. The van der Waals surface area contributed by atoms with Crippen LogP contribution in [0.25, 0.3) is 0 Å². The number of ketones is 1. The molecule has 0 unspecified atom stereocenters. The summed E-state index contributed by atoms with van der Waals surface area (Å²) < 4.78 is 5.11. The lowest BCUT2D eigenvalue weighted by Crippen LogP contribution is -2.45. The zero-order chi connectivity index (χ0) is 18.5. The van der Waals surface area contributed by atoms with Gasteiger partial charge in [0.15, 0.2) is 0 Å². The molecule has 0 N–H and O–H groups in total. The molecule has 1 saturated heterocycles. The molecule has 26 heavy (non-hydrogen) atoms. The van der Waals surface area contributed by atoms with Gasteiger partial charge in [0.05, 0.1) is 6.04 Å². The molecular formula is C21H21NO4. The summed E-state index contributed by atoms with van der Waals surface area (Å²) in [6, 6.07) is 18.6. The molecule has 1 fully saturated rings. The Bertz CT molecular complexity index is 788. The number of carbonyl (C=O) groups excluding carboxylic acids is 3. The Morgan fingerprint density at radius 3 is 2.19 bits per heavy atom. The monoisotopic (exact) mass is 351 g/mol. The van der Waals surface area contributed by atoms with E-state index in [4.69, 9.17) is 4.74 Å². The molecule has 2 aromatic rings. The topological polar surface area (TPSA) is 63.7 Å². The molecule has 3 rings (SSSR count). The van der Waals surface area contributed by atoms with Crippen molar-refractivity contribution in [3.8, 4) is 0 Å². The van der Waals surface area contributed by atoms with Gasteiger partial charge < -0.3 is 4.74 Å². The van der Waals surface area contributed by atoms with Gasteiger partial charge in [-0.05, 0) is 30.9 Å². The van der Waals surface area contributed by atoms with E-state index in [2.05, 4.69) is 0 Å². The minimum atomic E-state index is -0.888. The molecule has 0 saturated carbocycles. The Kier molecular flexibility index (Phi) is 5.46. The number of ether oxygens (including phenoxy) is 1. The number of benzene rings is 2. The fourth-order valence-corrected chi connectivity index (χ4v) is 3.19.